The van der Waals surface area contributed by atoms with Crippen LogP contribution in [-0.2, 0) is 11.3 Å². The first-order valence-electron chi connectivity index (χ1n) is 7.86. The van der Waals surface area contributed by atoms with Crippen molar-refractivity contribution in [2.45, 2.75) is 19.4 Å². The van der Waals surface area contributed by atoms with E-state index in [1.165, 1.54) is 0 Å². The molecule has 0 unspecified atom stereocenters. The molecule has 1 aliphatic rings. The van der Waals surface area contributed by atoms with Crippen LogP contribution in [0.4, 0.5) is 0 Å². The smallest absolute Gasteiger partial charge is 0.238 e. The summed E-state index contributed by atoms with van der Waals surface area (Å²) in [6.07, 6.45) is 0.838. The Labute approximate surface area is 172 Å². The van der Waals surface area contributed by atoms with Gasteiger partial charge in [0.1, 0.15) is 11.6 Å². The lowest BCUT2D eigenvalue weighted by Crippen LogP contribution is -2.42. The van der Waals surface area contributed by atoms with Crippen LogP contribution in [0.3, 0.4) is 0 Å². The highest BCUT2D eigenvalue weighted by Gasteiger charge is 2.24. The van der Waals surface area contributed by atoms with Crippen LogP contribution in [0.15, 0.2) is 42.5 Å². The van der Waals surface area contributed by atoms with Crippen LogP contribution < -0.4 is 10.2 Å². The normalized spacial score (nSPS) is 12.4. The predicted molar refractivity (Wildman–Crippen MR) is 108 cm³/mol. The number of carbonyl (C=O) groups excluding carboxylic acids is 1. The Bertz CT molecular complexity index is 817. The maximum atomic E-state index is 12.1. The fourth-order valence-corrected chi connectivity index (χ4v) is 3.06. The zero-order valence-corrected chi connectivity index (χ0v) is 17.0. The molecule has 0 spiro atoms. The van der Waals surface area contributed by atoms with Crippen molar-refractivity contribution >= 4 is 51.9 Å². The topological polar surface area (TPSA) is 65.4 Å². The van der Waals surface area contributed by atoms with Crippen molar-refractivity contribution in [3.05, 3.63) is 63.6 Å². The molecule has 0 atom stereocenters. The summed E-state index contributed by atoms with van der Waals surface area (Å²) in [5.41, 5.74) is 4.65. The fraction of sp³-hybridized carbons (Fsp3) is 0.222. The quantitative estimate of drug-likeness (QED) is 0.621. The lowest BCUT2D eigenvalue weighted by molar-refractivity contribution is -0.124. The van der Waals surface area contributed by atoms with Crippen LogP contribution in [-0.4, -0.2) is 23.4 Å². The molecule has 1 heterocycles. The average molecular weight is 459 g/mol. The third-order valence-electron chi connectivity index (χ3n) is 3.83. The number of hydrazine groups is 1. The molecule has 26 heavy (non-hydrogen) atoms. The van der Waals surface area contributed by atoms with Gasteiger partial charge in [-0.25, -0.2) is 0 Å². The van der Waals surface area contributed by atoms with Gasteiger partial charge in [0.15, 0.2) is 0 Å². The molecule has 0 saturated heterocycles. The number of benzene rings is 2. The summed E-state index contributed by atoms with van der Waals surface area (Å²) in [5.74, 6) is 0.708. The molecule has 5 nitrogen and oxygen atoms in total. The molecule has 8 heteroatoms. The number of fused-ring (bicyclic) bond motifs is 1. The van der Waals surface area contributed by atoms with E-state index in [1.54, 1.807) is 23.2 Å². The van der Waals surface area contributed by atoms with Gasteiger partial charge in [0.25, 0.3) is 0 Å². The second-order valence-corrected chi connectivity index (χ2v) is 6.50. The molecule has 0 radical (unpaired) electrons. The zero-order valence-electron chi connectivity index (χ0n) is 13.8. The Kier molecular flexibility index (Phi) is 7.32. The lowest BCUT2D eigenvalue weighted by atomic mass is 10.1. The molecule has 2 aromatic carbocycles. The van der Waals surface area contributed by atoms with Crippen LogP contribution >= 0.6 is 40.2 Å². The van der Waals surface area contributed by atoms with Gasteiger partial charge in [-0.15, -0.1) is 17.0 Å². The minimum absolute atomic E-state index is 0. The highest BCUT2D eigenvalue weighted by Crippen LogP contribution is 2.27. The maximum Gasteiger partial charge on any atom is 0.238 e. The monoisotopic (exact) mass is 457 g/mol. The molecule has 0 bridgehead atoms. The summed E-state index contributed by atoms with van der Waals surface area (Å²) in [6.45, 7) is 0.879. The molecule has 1 aliphatic heterocycles. The van der Waals surface area contributed by atoms with E-state index >= 15 is 0 Å². The molecule has 0 aliphatic carbocycles. The van der Waals surface area contributed by atoms with E-state index in [-0.39, 0.29) is 22.9 Å². The Balaban J connectivity index is 0.00000243. The van der Waals surface area contributed by atoms with Crippen molar-refractivity contribution in [2.75, 3.05) is 6.61 Å². The van der Waals surface area contributed by atoms with Gasteiger partial charge in [0.2, 0.25) is 5.91 Å². The molecule has 0 fully saturated rings. The van der Waals surface area contributed by atoms with Gasteiger partial charge in [-0.1, -0.05) is 47.5 Å². The van der Waals surface area contributed by atoms with E-state index < -0.39 is 0 Å². The first-order chi connectivity index (χ1) is 12.0. The van der Waals surface area contributed by atoms with Crippen molar-refractivity contribution in [3.8, 4) is 5.75 Å². The standard InChI is InChI=1S/C18H17Cl2N3O2.BrH/c19-13-7-8-16(15(20)10-13)25-9-3-6-17(24)22-23-11-12-4-1-2-5-14(12)18(23)21;/h1-2,4-5,7-8,10,21H,3,6,9,11H2,(H,22,24);1H. The van der Waals surface area contributed by atoms with Crippen molar-refractivity contribution in [2.24, 2.45) is 0 Å². The summed E-state index contributed by atoms with van der Waals surface area (Å²) in [5, 5.41) is 10.7. The number of nitrogens with zero attached hydrogens (tertiary/aromatic N) is 1. The summed E-state index contributed by atoms with van der Waals surface area (Å²) in [4.78, 5) is 12.1. The van der Waals surface area contributed by atoms with Crippen molar-refractivity contribution < 1.29 is 9.53 Å². The van der Waals surface area contributed by atoms with E-state index in [0.717, 1.165) is 11.1 Å². The second-order valence-electron chi connectivity index (χ2n) is 5.65. The SMILES string of the molecule is Br.N=C1c2ccccc2CN1NC(=O)CCCOc1ccc(Cl)cc1Cl. The van der Waals surface area contributed by atoms with Gasteiger partial charge < -0.3 is 4.74 Å². The maximum absolute atomic E-state index is 12.1. The zero-order chi connectivity index (χ0) is 17.8. The van der Waals surface area contributed by atoms with Gasteiger partial charge in [-0.05, 0) is 30.2 Å². The highest BCUT2D eigenvalue weighted by atomic mass is 79.9. The molecule has 138 valence electrons. The number of hydrogen-bond donors (Lipinski definition) is 2. The van der Waals surface area contributed by atoms with Crippen LogP contribution in [0, 0.1) is 5.41 Å². The number of halogens is 3. The first-order valence-corrected chi connectivity index (χ1v) is 8.62. The number of hydrogen-bond acceptors (Lipinski definition) is 3. The van der Waals surface area contributed by atoms with Gasteiger partial charge in [-0.2, -0.15) is 0 Å². The Morgan fingerprint density at radius 1 is 1.23 bits per heavy atom. The summed E-state index contributed by atoms with van der Waals surface area (Å²) in [6, 6.07) is 12.7. The lowest BCUT2D eigenvalue weighted by Gasteiger charge is -2.19. The minimum Gasteiger partial charge on any atom is -0.492 e. The molecule has 3 rings (SSSR count). The van der Waals surface area contributed by atoms with Crippen molar-refractivity contribution in [3.63, 3.8) is 0 Å². The number of ether oxygens (including phenoxy) is 1. The minimum atomic E-state index is -0.150. The number of nitrogens with one attached hydrogen (secondary N) is 2. The summed E-state index contributed by atoms with van der Waals surface area (Å²) < 4.78 is 5.56. The Hall–Kier alpha value is -1.76. The number of amides is 1. The van der Waals surface area contributed by atoms with E-state index in [2.05, 4.69) is 5.43 Å². The second kappa shape index (κ2) is 9.26. The summed E-state index contributed by atoms with van der Waals surface area (Å²) >= 11 is 11.9. The Morgan fingerprint density at radius 3 is 2.73 bits per heavy atom. The molecule has 1 amide bonds. The molecule has 2 N–H and O–H groups in total. The molecule has 0 saturated carbocycles. The summed E-state index contributed by atoms with van der Waals surface area (Å²) in [7, 11) is 0. The number of amidine groups is 1. The largest absolute Gasteiger partial charge is 0.492 e. The fourth-order valence-electron chi connectivity index (χ4n) is 2.59. The molecular weight excluding hydrogens is 441 g/mol. The van der Waals surface area contributed by atoms with Gasteiger partial charge in [-0.3, -0.25) is 20.6 Å². The van der Waals surface area contributed by atoms with E-state index in [4.69, 9.17) is 33.3 Å². The average Bonchev–Trinajstić information content (AvgIpc) is 2.89. The van der Waals surface area contributed by atoms with E-state index in [9.17, 15) is 4.79 Å². The predicted octanol–water partition coefficient (Wildman–Crippen LogP) is 4.60. The molecule has 0 aromatic heterocycles. The first kappa shape index (κ1) is 20.6. The van der Waals surface area contributed by atoms with Crippen LogP contribution in [0.1, 0.15) is 24.0 Å². The van der Waals surface area contributed by atoms with E-state index in [1.807, 2.05) is 24.3 Å². The molecule has 2 aromatic rings. The third-order valence-corrected chi connectivity index (χ3v) is 4.36. The van der Waals surface area contributed by atoms with Gasteiger partial charge >= 0.3 is 0 Å². The van der Waals surface area contributed by atoms with E-state index in [0.29, 0.717) is 47.6 Å². The third kappa shape index (κ3) is 4.90. The van der Waals surface area contributed by atoms with Crippen molar-refractivity contribution in [1.29, 1.82) is 5.41 Å². The number of carbonyl (C=O) groups is 1. The molecular formula is C18H18BrCl2N3O2. The van der Waals surface area contributed by atoms with Crippen LogP contribution in [0.2, 0.25) is 10.0 Å². The van der Waals surface area contributed by atoms with Crippen LogP contribution in [0.5, 0.6) is 5.75 Å². The Morgan fingerprint density at radius 2 is 2.00 bits per heavy atom. The van der Waals surface area contributed by atoms with Gasteiger partial charge in [0, 0.05) is 17.0 Å². The van der Waals surface area contributed by atoms with Crippen LogP contribution in [0.25, 0.3) is 0 Å². The highest BCUT2D eigenvalue weighted by molar-refractivity contribution is 8.93. The van der Waals surface area contributed by atoms with Gasteiger partial charge in [0.05, 0.1) is 18.2 Å². The van der Waals surface area contributed by atoms with Crippen molar-refractivity contribution in [1.82, 2.24) is 10.4 Å². The number of rotatable bonds is 6.